The molecule has 9 amide bonds. The summed E-state index contributed by atoms with van der Waals surface area (Å²) in [5, 5.41) is 35.4. The lowest BCUT2D eigenvalue weighted by Gasteiger charge is -2.46. The van der Waals surface area contributed by atoms with E-state index in [9.17, 15) is 43.2 Å². The monoisotopic (exact) mass is 1720 g/mol. The highest BCUT2D eigenvalue weighted by atomic mass is 35.5. The molecule has 7 aromatic heterocycles. The summed E-state index contributed by atoms with van der Waals surface area (Å²) in [4.78, 5) is 143. The van der Waals surface area contributed by atoms with Crippen LogP contribution < -0.4 is 47.9 Å². The third-order valence-electron chi connectivity index (χ3n) is 21.9. The van der Waals surface area contributed by atoms with Gasteiger partial charge in [0, 0.05) is 191 Å². The Balaban J connectivity index is 0.417. The second-order valence-corrected chi connectivity index (χ2v) is 32.5. The van der Waals surface area contributed by atoms with E-state index in [1.807, 2.05) is 31.2 Å². The number of nitrogens with zero attached hydrogens (tertiary/aromatic N) is 15. The zero-order valence-corrected chi connectivity index (χ0v) is 71.9. The molecule has 40 heteroatoms. The fourth-order valence-corrected chi connectivity index (χ4v) is 16.5. The van der Waals surface area contributed by atoms with Gasteiger partial charge in [-0.05, 0) is 101 Å². The van der Waals surface area contributed by atoms with Crippen LogP contribution >= 0.6 is 22.9 Å². The van der Waals surface area contributed by atoms with E-state index in [0.29, 0.717) is 76.0 Å². The van der Waals surface area contributed by atoms with Crippen LogP contribution in [0.4, 0.5) is 23.0 Å². The Bertz CT molecular complexity index is 4980. The first-order chi connectivity index (χ1) is 58.9. The predicted octanol–water partition coefficient (Wildman–Crippen LogP) is 4.33. The van der Waals surface area contributed by atoms with Crippen molar-refractivity contribution in [2.75, 3.05) is 172 Å². The molecule has 12 rings (SSSR count). The highest BCUT2D eigenvalue weighted by molar-refractivity contribution is 7.15. The molecule has 0 radical (unpaired) electrons. The number of carbonyl (C=O) groups is 9. The summed E-state index contributed by atoms with van der Waals surface area (Å²) < 4.78 is 38.6. The van der Waals surface area contributed by atoms with Crippen molar-refractivity contribution in [3.63, 3.8) is 0 Å². The van der Waals surface area contributed by atoms with Crippen LogP contribution in [0.5, 0.6) is 0 Å². The number of nitrogens with one attached hydrogen (secondary N) is 9. The highest BCUT2D eigenvalue weighted by Crippen LogP contribution is 2.40. The van der Waals surface area contributed by atoms with Gasteiger partial charge in [0.2, 0.25) is 35.3 Å². The Morgan fingerprint density at radius 1 is 0.500 bits per heavy atom. The summed E-state index contributed by atoms with van der Waals surface area (Å²) in [6.45, 7) is 20.5. The number of thiophene rings is 1. The number of rotatable bonds is 44. The first kappa shape index (κ1) is 90.4. The number of amides is 9. The molecule has 9 N–H and O–H groups in total. The van der Waals surface area contributed by atoms with Gasteiger partial charge in [0.05, 0.1) is 89.6 Å². The smallest absolute Gasteiger partial charge is 0.291 e. The van der Waals surface area contributed by atoms with Crippen molar-refractivity contribution < 1.29 is 66.8 Å². The molecule has 4 aliphatic heterocycles. The molecule has 8 aromatic rings. The number of aryl methyl sites for hydroxylation is 7. The van der Waals surface area contributed by atoms with Gasteiger partial charge in [0.25, 0.3) is 29.5 Å². The van der Waals surface area contributed by atoms with Crippen molar-refractivity contribution >= 4 is 105 Å². The van der Waals surface area contributed by atoms with Gasteiger partial charge in [-0.2, -0.15) is 0 Å². The number of halogens is 1. The molecule has 38 nitrogen and oxygen atoms in total. The number of hydrogen-bond acceptors (Lipinski definition) is 24. The molecule has 0 unspecified atom stereocenters. The fraction of sp³-hybridized carbons (Fsp3) is 0.524. The van der Waals surface area contributed by atoms with E-state index in [4.69, 9.17) is 40.3 Å². The van der Waals surface area contributed by atoms with Gasteiger partial charge in [-0.15, -0.1) is 21.5 Å². The number of benzene rings is 1. The lowest BCUT2D eigenvalue weighted by Crippen LogP contribution is -2.53. The molecule has 4 aliphatic rings. The average Bonchev–Trinajstić information content (AvgIpc) is 1.59. The predicted molar refractivity (Wildman–Crippen MR) is 456 cm³/mol. The van der Waals surface area contributed by atoms with Gasteiger partial charge in [0.15, 0.2) is 23.3 Å². The summed E-state index contributed by atoms with van der Waals surface area (Å²) in [6.07, 6.45) is 13.2. The third kappa shape index (κ3) is 24.9. The number of aliphatic imine (C=N–C) groups is 1. The van der Waals surface area contributed by atoms with Crippen molar-refractivity contribution in [3.8, 4) is 5.00 Å². The van der Waals surface area contributed by atoms with E-state index in [1.54, 1.807) is 63.5 Å². The minimum absolute atomic E-state index is 0.00207. The normalized spacial score (nSPS) is 15.4. The Morgan fingerprint density at radius 3 is 1.55 bits per heavy atom. The number of carbonyl (C=O) groups excluding carboxylic acids is 9. The number of anilines is 4. The Hall–Kier alpha value is -10.9. The van der Waals surface area contributed by atoms with Gasteiger partial charge in [-0.25, -0.2) is 15.0 Å². The number of fused-ring (bicyclic) bond motifs is 3. The first-order valence-corrected chi connectivity index (χ1v) is 42.5. The van der Waals surface area contributed by atoms with E-state index in [2.05, 4.69) is 106 Å². The van der Waals surface area contributed by atoms with Crippen molar-refractivity contribution in [1.29, 1.82) is 0 Å². The molecular formula is C82H111ClN24O14S. The average molecular weight is 1720 g/mol. The molecule has 0 spiro atoms. The fourth-order valence-electron chi connectivity index (χ4n) is 15.1. The zero-order valence-electron chi connectivity index (χ0n) is 70.4. The molecule has 0 saturated carbocycles. The molecule has 0 aliphatic carbocycles. The number of imidazole rings is 3. The van der Waals surface area contributed by atoms with Gasteiger partial charge in [0.1, 0.15) is 28.3 Å². The topological polar surface area (TPSA) is 424 Å². The van der Waals surface area contributed by atoms with Gasteiger partial charge >= 0.3 is 0 Å². The Labute approximate surface area is 716 Å². The molecule has 122 heavy (non-hydrogen) atoms. The highest BCUT2D eigenvalue weighted by Gasteiger charge is 2.37. The van der Waals surface area contributed by atoms with Crippen LogP contribution in [-0.2, 0) is 78.1 Å². The molecular weight excluding hydrogens is 1610 g/mol. The number of piperidine rings is 2. The maximum Gasteiger partial charge on any atom is 0.291 e. The minimum atomic E-state index is -0.634. The van der Waals surface area contributed by atoms with Crippen LogP contribution in [0.1, 0.15) is 143 Å². The molecule has 11 heterocycles. The van der Waals surface area contributed by atoms with Crippen LogP contribution in [0.15, 0.2) is 78.6 Å². The van der Waals surface area contributed by atoms with E-state index in [1.165, 1.54) is 72.9 Å². The molecule has 3 saturated heterocycles. The number of hydrogen-bond donors (Lipinski definition) is 9. The number of likely N-dealkylation sites (tertiary alicyclic amines) is 3. The van der Waals surface area contributed by atoms with Gasteiger partial charge in [-0.3, -0.25) is 52.7 Å². The zero-order chi connectivity index (χ0) is 86.3. The van der Waals surface area contributed by atoms with Crippen LogP contribution in [0.3, 0.4) is 0 Å². The first-order valence-electron chi connectivity index (χ1n) is 41.3. The molecule has 0 bridgehead atoms. The minimum Gasteiger partial charge on any atom is -0.378 e. The van der Waals surface area contributed by atoms with E-state index in [0.717, 1.165) is 117 Å². The van der Waals surface area contributed by atoms with Crippen molar-refractivity contribution in [2.45, 2.75) is 84.2 Å². The van der Waals surface area contributed by atoms with Crippen LogP contribution in [0.25, 0.3) is 5.00 Å². The second kappa shape index (κ2) is 43.8. The van der Waals surface area contributed by atoms with Crippen LogP contribution in [0, 0.1) is 32.6 Å². The van der Waals surface area contributed by atoms with Crippen molar-refractivity contribution in [3.05, 3.63) is 141 Å². The standard InChI is InChI=1S/C82H111ClN24O14S/c1-52-53(2)122-82-71(52)72(56-9-11-58(83)12-10-56)92-62(73-98-97-54(3)107(73)82)45-70(111)89-59-18-27-105(28-19-59)31-35-118-38-39-120-36-32-106-46-57(47-106)55-16-25-104(26-17-55)30-34-119-40-42-121-41-37-117-33-24-84-67(108)13-20-88-79(114)75-95-65(50-102(75)7)93-68(109)14-21-87-78(113)64-44-61(49-101(64)6)91-81(116)76-96-66(51-103(76)8)94-69(110)15-22-86-77(112)63-43-60(48-100(63)5)90-80(115)74-85-23-29-99(74)4/h9-12,23,29,43-44,48-51,55,57,59,62H,13-22,24-28,30-42,45-47H2,1-8H3,(H,84,108)(H,86,112)(H,87,113)(H,88,114)(H,89,111)(H,90,115)(H,91,116)(H,93,109)(H,94,110)/t62-/m0/s1. The third-order valence-corrected chi connectivity index (χ3v) is 23.4. The summed E-state index contributed by atoms with van der Waals surface area (Å²) in [7, 11) is 8.08. The Morgan fingerprint density at radius 2 is 1.00 bits per heavy atom. The van der Waals surface area contributed by atoms with E-state index < -0.39 is 47.4 Å². The SMILES string of the molecule is Cc1sc2c(c1C)C(c1ccc(Cl)cc1)=N[C@@H](CC(=O)NC1CCN(CCOCCOCCN3CC(C4CCN(CCOCCOCCOCCNC(=O)CCNC(=O)c5nc(NC(=O)CCNC(=O)c6cc(NC(=O)c7nc(NC(=O)CCNC(=O)c8cc(NC(=O)c9nccn9C)cn8C)cn7C)cn6C)cn5C)CC4)C3)CC1)c1nnc(C)n1-2. The van der Waals surface area contributed by atoms with Crippen LogP contribution in [-0.4, -0.2) is 283 Å². The number of ether oxygens (including phenoxy) is 5. The lowest BCUT2D eigenvalue weighted by atomic mass is 9.79. The van der Waals surface area contributed by atoms with Crippen LogP contribution in [0.2, 0.25) is 5.02 Å². The van der Waals surface area contributed by atoms with E-state index in [-0.39, 0.29) is 123 Å². The number of aromatic nitrogens is 11. The summed E-state index contributed by atoms with van der Waals surface area (Å²) in [5.41, 5.74) is 5.05. The second-order valence-electron chi connectivity index (χ2n) is 30.9. The Kier molecular flexibility index (Phi) is 32.4. The molecule has 656 valence electrons. The molecule has 1 atom stereocenters. The van der Waals surface area contributed by atoms with Gasteiger partial charge < -0.3 is 109 Å². The molecule has 1 aromatic carbocycles. The quantitative estimate of drug-likeness (QED) is 0.0240. The van der Waals surface area contributed by atoms with Crippen molar-refractivity contribution in [2.24, 2.45) is 52.1 Å². The maximum absolute atomic E-state index is 13.7. The van der Waals surface area contributed by atoms with Gasteiger partial charge in [-0.1, -0.05) is 23.7 Å². The van der Waals surface area contributed by atoms with E-state index >= 15 is 0 Å². The summed E-state index contributed by atoms with van der Waals surface area (Å²) >= 11 is 7.99. The van der Waals surface area contributed by atoms with Crippen molar-refractivity contribution in [1.82, 2.24) is 93.8 Å². The molecule has 3 fully saturated rings. The maximum atomic E-state index is 13.7. The summed E-state index contributed by atoms with van der Waals surface area (Å²) in [5.74, 6) is -0.624. The largest absolute Gasteiger partial charge is 0.378 e. The lowest BCUT2D eigenvalue weighted by molar-refractivity contribution is -0.123. The summed E-state index contributed by atoms with van der Waals surface area (Å²) in [6, 6.07) is 10.3.